The third-order valence-corrected chi connectivity index (χ3v) is 2.62. The molecule has 0 amide bonds. The zero-order valence-corrected chi connectivity index (χ0v) is 7.71. The van der Waals surface area contributed by atoms with Crippen molar-refractivity contribution in [1.29, 1.82) is 0 Å². The maximum Gasteiger partial charge on any atom is 0.142 e. The van der Waals surface area contributed by atoms with Crippen molar-refractivity contribution in [3.63, 3.8) is 0 Å². The summed E-state index contributed by atoms with van der Waals surface area (Å²) in [5, 5.41) is 0. The lowest BCUT2D eigenvalue weighted by molar-refractivity contribution is 0.416. The molecule has 0 saturated heterocycles. The number of nitrogens with two attached hydrogens (primary N) is 2. The van der Waals surface area contributed by atoms with E-state index in [9.17, 15) is 0 Å². The van der Waals surface area contributed by atoms with E-state index < -0.39 is 0 Å². The summed E-state index contributed by atoms with van der Waals surface area (Å²) in [6.45, 7) is 0. The Bertz CT molecular complexity index is 336. The molecule has 0 aliphatic heterocycles. The molecule has 1 aromatic rings. The van der Waals surface area contributed by atoms with Gasteiger partial charge in [0, 0.05) is 6.04 Å². The number of aryl methyl sites for hydroxylation is 1. The van der Waals surface area contributed by atoms with E-state index in [0.717, 1.165) is 18.6 Å². The first-order valence-electron chi connectivity index (χ1n) is 4.44. The lowest BCUT2D eigenvalue weighted by Crippen LogP contribution is -2.06. The molecule has 0 heterocycles. The van der Waals surface area contributed by atoms with Crippen LogP contribution >= 0.6 is 0 Å². The lowest BCUT2D eigenvalue weighted by atomic mass is 10.1. The SMILES string of the molecule is COc1cc2c(cc1N)C(N)CC2. The van der Waals surface area contributed by atoms with E-state index in [1.807, 2.05) is 12.1 Å². The Labute approximate surface area is 77.7 Å². The summed E-state index contributed by atoms with van der Waals surface area (Å²) in [5.74, 6) is 0.757. The Balaban J connectivity index is 2.50. The van der Waals surface area contributed by atoms with E-state index in [2.05, 4.69) is 0 Å². The van der Waals surface area contributed by atoms with Crippen molar-refractivity contribution in [1.82, 2.24) is 0 Å². The number of hydrogen-bond donors (Lipinski definition) is 2. The summed E-state index contributed by atoms with van der Waals surface area (Å²) in [5.41, 5.74) is 14.8. The second-order valence-electron chi connectivity index (χ2n) is 3.44. The number of hydrogen-bond acceptors (Lipinski definition) is 3. The summed E-state index contributed by atoms with van der Waals surface area (Å²) in [6.07, 6.45) is 2.05. The molecule has 0 radical (unpaired) electrons. The van der Waals surface area contributed by atoms with Crippen LogP contribution in [0.25, 0.3) is 0 Å². The largest absolute Gasteiger partial charge is 0.495 e. The van der Waals surface area contributed by atoms with Gasteiger partial charge in [0.05, 0.1) is 12.8 Å². The molecule has 4 N–H and O–H groups in total. The standard InChI is InChI=1S/C10H14N2O/c1-13-10-4-6-2-3-8(11)7(6)5-9(10)12/h4-5,8H,2-3,11-12H2,1H3. The number of fused-ring (bicyclic) bond motifs is 1. The average Bonchev–Trinajstić information content (AvgIpc) is 2.47. The zero-order valence-electron chi connectivity index (χ0n) is 7.71. The molecule has 0 saturated carbocycles. The molecular formula is C10H14N2O. The molecule has 1 aromatic carbocycles. The van der Waals surface area contributed by atoms with Gasteiger partial charge in [0.2, 0.25) is 0 Å². The quantitative estimate of drug-likeness (QED) is 0.636. The van der Waals surface area contributed by atoms with Crippen LogP contribution < -0.4 is 16.2 Å². The predicted molar refractivity (Wildman–Crippen MR) is 52.7 cm³/mol. The highest BCUT2D eigenvalue weighted by Crippen LogP contribution is 2.35. The fraction of sp³-hybridized carbons (Fsp3) is 0.400. The average molecular weight is 178 g/mol. The first-order chi connectivity index (χ1) is 6.22. The summed E-state index contributed by atoms with van der Waals surface area (Å²) < 4.78 is 5.14. The molecule has 70 valence electrons. The summed E-state index contributed by atoms with van der Waals surface area (Å²) >= 11 is 0. The van der Waals surface area contributed by atoms with Crippen molar-refractivity contribution in [2.45, 2.75) is 18.9 Å². The minimum Gasteiger partial charge on any atom is -0.495 e. The highest BCUT2D eigenvalue weighted by molar-refractivity contribution is 5.58. The van der Waals surface area contributed by atoms with Gasteiger partial charge >= 0.3 is 0 Å². The summed E-state index contributed by atoms with van der Waals surface area (Å²) in [6, 6.07) is 4.09. The summed E-state index contributed by atoms with van der Waals surface area (Å²) in [7, 11) is 1.63. The maximum absolute atomic E-state index is 5.91. The third kappa shape index (κ3) is 1.25. The number of rotatable bonds is 1. The number of nitrogen functional groups attached to an aromatic ring is 1. The van der Waals surface area contributed by atoms with Crippen molar-refractivity contribution < 1.29 is 4.74 Å². The van der Waals surface area contributed by atoms with E-state index in [4.69, 9.17) is 16.2 Å². The Hall–Kier alpha value is -1.22. The Kier molecular flexibility index (Phi) is 1.88. The smallest absolute Gasteiger partial charge is 0.142 e. The Morgan fingerprint density at radius 2 is 2.23 bits per heavy atom. The van der Waals surface area contributed by atoms with Crippen LogP contribution in [0.15, 0.2) is 12.1 Å². The van der Waals surface area contributed by atoms with E-state index in [0.29, 0.717) is 5.69 Å². The van der Waals surface area contributed by atoms with E-state index in [-0.39, 0.29) is 6.04 Å². The van der Waals surface area contributed by atoms with E-state index in [1.54, 1.807) is 7.11 Å². The van der Waals surface area contributed by atoms with Crippen LogP contribution in [0.5, 0.6) is 5.75 Å². The predicted octanol–water partition coefficient (Wildman–Crippen LogP) is 1.22. The molecule has 0 aromatic heterocycles. The van der Waals surface area contributed by atoms with Gasteiger partial charge in [-0.15, -0.1) is 0 Å². The molecule has 1 unspecified atom stereocenters. The van der Waals surface area contributed by atoms with Gasteiger partial charge in [0.1, 0.15) is 5.75 Å². The van der Waals surface area contributed by atoms with Gasteiger partial charge in [0.25, 0.3) is 0 Å². The van der Waals surface area contributed by atoms with Crippen molar-refractivity contribution in [3.05, 3.63) is 23.3 Å². The Morgan fingerprint density at radius 3 is 2.92 bits per heavy atom. The fourth-order valence-corrected chi connectivity index (χ4v) is 1.86. The van der Waals surface area contributed by atoms with Crippen molar-refractivity contribution >= 4 is 5.69 Å². The van der Waals surface area contributed by atoms with E-state index in [1.165, 1.54) is 11.1 Å². The number of anilines is 1. The third-order valence-electron chi connectivity index (χ3n) is 2.62. The lowest BCUT2D eigenvalue weighted by Gasteiger charge is -2.09. The van der Waals surface area contributed by atoms with Gasteiger partial charge in [-0.2, -0.15) is 0 Å². The second-order valence-corrected chi connectivity index (χ2v) is 3.44. The van der Waals surface area contributed by atoms with Crippen LogP contribution in [0.2, 0.25) is 0 Å². The zero-order chi connectivity index (χ0) is 9.42. The van der Waals surface area contributed by atoms with Crippen LogP contribution in [0.4, 0.5) is 5.69 Å². The van der Waals surface area contributed by atoms with Crippen molar-refractivity contribution in [2.75, 3.05) is 12.8 Å². The highest BCUT2D eigenvalue weighted by Gasteiger charge is 2.20. The van der Waals surface area contributed by atoms with Crippen LogP contribution in [-0.2, 0) is 6.42 Å². The van der Waals surface area contributed by atoms with Gasteiger partial charge in [-0.3, -0.25) is 0 Å². The molecular weight excluding hydrogens is 164 g/mol. The summed E-state index contributed by atoms with van der Waals surface area (Å²) in [4.78, 5) is 0. The molecule has 3 heteroatoms. The molecule has 2 rings (SSSR count). The minimum atomic E-state index is 0.156. The molecule has 0 fully saturated rings. The van der Waals surface area contributed by atoms with Crippen molar-refractivity contribution in [2.24, 2.45) is 5.73 Å². The molecule has 3 nitrogen and oxygen atoms in total. The molecule has 1 aliphatic carbocycles. The van der Waals surface area contributed by atoms with Gasteiger partial charge in [-0.05, 0) is 36.1 Å². The second kappa shape index (κ2) is 2.92. The maximum atomic E-state index is 5.91. The topological polar surface area (TPSA) is 61.3 Å². The first-order valence-corrected chi connectivity index (χ1v) is 4.44. The van der Waals surface area contributed by atoms with Crippen LogP contribution in [-0.4, -0.2) is 7.11 Å². The number of methoxy groups -OCH3 is 1. The van der Waals surface area contributed by atoms with Gasteiger partial charge in [-0.1, -0.05) is 0 Å². The number of benzene rings is 1. The van der Waals surface area contributed by atoms with Gasteiger partial charge < -0.3 is 16.2 Å². The van der Waals surface area contributed by atoms with Crippen molar-refractivity contribution in [3.8, 4) is 5.75 Å². The monoisotopic (exact) mass is 178 g/mol. The Morgan fingerprint density at radius 1 is 1.46 bits per heavy atom. The van der Waals surface area contributed by atoms with E-state index >= 15 is 0 Å². The molecule has 1 aliphatic rings. The normalized spacial score (nSPS) is 20.0. The number of ether oxygens (including phenoxy) is 1. The highest BCUT2D eigenvalue weighted by atomic mass is 16.5. The fourth-order valence-electron chi connectivity index (χ4n) is 1.86. The molecule has 13 heavy (non-hydrogen) atoms. The van der Waals surface area contributed by atoms with Crippen LogP contribution in [0.3, 0.4) is 0 Å². The first kappa shape index (κ1) is 8.38. The van der Waals surface area contributed by atoms with Gasteiger partial charge in [0.15, 0.2) is 0 Å². The molecule has 0 spiro atoms. The van der Waals surface area contributed by atoms with Crippen LogP contribution in [0, 0.1) is 0 Å². The van der Waals surface area contributed by atoms with Gasteiger partial charge in [-0.25, -0.2) is 0 Å². The molecule has 0 bridgehead atoms. The molecule has 1 atom stereocenters. The van der Waals surface area contributed by atoms with Crippen LogP contribution in [0.1, 0.15) is 23.6 Å². The minimum absolute atomic E-state index is 0.156.